The minimum absolute atomic E-state index is 0.0291. The standard InChI is InChI=1S/C14H22N2O2S2/c1-3-14(4-2,13(15)19)16-20(17,18)11-10-12-8-6-5-7-9-12/h5-9,16H,3-4,10-11H2,1-2H3,(H2,15,19). The van der Waals surface area contributed by atoms with Gasteiger partial charge in [0.1, 0.15) is 0 Å². The van der Waals surface area contributed by atoms with Crippen LogP contribution in [0.3, 0.4) is 0 Å². The van der Waals surface area contributed by atoms with E-state index >= 15 is 0 Å². The van der Waals surface area contributed by atoms with Gasteiger partial charge in [-0.2, -0.15) is 0 Å². The van der Waals surface area contributed by atoms with Gasteiger partial charge in [-0.05, 0) is 24.8 Å². The van der Waals surface area contributed by atoms with Crippen molar-refractivity contribution in [3.63, 3.8) is 0 Å². The molecule has 20 heavy (non-hydrogen) atoms. The molecule has 0 aliphatic rings. The fraction of sp³-hybridized carbons (Fsp3) is 0.500. The van der Waals surface area contributed by atoms with Crippen molar-refractivity contribution in [2.75, 3.05) is 5.75 Å². The number of nitrogens with two attached hydrogens (primary N) is 1. The Morgan fingerprint density at radius 2 is 1.80 bits per heavy atom. The van der Waals surface area contributed by atoms with Gasteiger partial charge in [-0.25, -0.2) is 13.1 Å². The average Bonchev–Trinajstić information content (AvgIpc) is 2.44. The Hall–Kier alpha value is -0.980. The van der Waals surface area contributed by atoms with Crippen LogP contribution in [0.5, 0.6) is 0 Å². The monoisotopic (exact) mass is 314 g/mol. The number of hydrogen-bond donors (Lipinski definition) is 2. The molecule has 6 heteroatoms. The lowest BCUT2D eigenvalue weighted by molar-refractivity contribution is 0.465. The van der Waals surface area contributed by atoms with Crippen molar-refractivity contribution in [3.8, 4) is 0 Å². The Bertz CT molecular complexity index is 538. The van der Waals surface area contributed by atoms with Gasteiger partial charge in [0, 0.05) is 0 Å². The lowest BCUT2D eigenvalue weighted by Crippen LogP contribution is -2.56. The van der Waals surface area contributed by atoms with Crippen molar-refractivity contribution in [2.24, 2.45) is 5.73 Å². The molecule has 3 N–H and O–H groups in total. The SMILES string of the molecule is CCC(CC)(NS(=O)(=O)CCc1ccccc1)C(N)=S. The van der Waals surface area contributed by atoms with Crippen molar-refractivity contribution >= 4 is 27.2 Å². The molecule has 0 heterocycles. The maximum absolute atomic E-state index is 12.2. The Morgan fingerprint density at radius 3 is 2.25 bits per heavy atom. The van der Waals surface area contributed by atoms with Crippen LogP contribution in [-0.4, -0.2) is 24.7 Å². The summed E-state index contributed by atoms with van der Waals surface area (Å²) in [5.41, 5.74) is 5.89. The van der Waals surface area contributed by atoms with E-state index in [1.807, 2.05) is 44.2 Å². The summed E-state index contributed by atoms with van der Waals surface area (Å²) in [5, 5.41) is 0. The van der Waals surface area contributed by atoms with Crippen LogP contribution in [0.4, 0.5) is 0 Å². The zero-order chi connectivity index (χ0) is 15.2. The summed E-state index contributed by atoms with van der Waals surface area (Å²) in [4.78, 5) is 0.200. The summed E-state index contributed by atoms with van der Waals surface area (Å²) >= 11 is 5.02. The molecule has 4 nitrogen and oxygen atoms in total. The fourth-order valence-electron chi connectivity index (χ4n) is 2.04. The third kappa shape index (κ3) is 4.54. The first-order chi connectivity index (χ1) is 9.35. The summed E-state index contributed by atoms with van der Waals surface area (Å²) in [6, 6.07) is 9.52. The lowest BCUT2D eigenvalue weighted by atomic mass is 9.94. The molecule has 1 rings (SSSR count). The number of sulfonamides is 1. The van der Waals surface area contributed by atoms with Crippen molar-refractivity contribution in [1.82, 2.24) is 4.72 Å². The maximum atomic E-state index is 12.2. The topological polar surface area (TPSA) is 72.2 Å². The second-order valence-corrected chi connectivity index (χ2v) is 7.09. The number of aryl methyl sites for hydroxylation is 1. The van der Waals surface area contributed by atoms with E-state index in [1.165, 1.54) is 0 Å². The summed E-state index contributed by atoms with van der Waals surface area (Å²) in [6.07, 6.45) is 1.56. The molecule has 0 unspecified atom stereocenters. The van der Waals surface area contributed by atoms with Crippen LogP contribution in [-0.2, 0) is 16.4 Å². The molecule has 0 fully saturated rings. The van der Waals surface area contributed by atoms with Crippen molar-refractivity contribution in [1.29, 1.82) is 0 Å². The Labute approximate surface area is 126 Å². The van der Waals surface area contributed by atoms with Gasteiger partial charge in [-0.1, -0.05) is 56.4 Å². The summed E-state index contributed by atoms with van der Waals surface area (Å²) in [6.45, 7) is 3.75. The van der Waals surface area contributed by atoms with Crippen LogP contribution >= 0.6 is 12.2 Å². The first-order valence-electron chi connectivity index (χ1n) is 6.70. The van der Waals surface area contributed by atoms with Gasteiger partial charge < -0.3 is 5.73 Å². The minimum atomic E-state index is -3.42. The Kier molecular flexibility index (Phi) is 6.10. The average molecular weight is 314 g/mol. The van der Waals surface area contributed by atoms with E-state index in [0.717, 1.165) is 5.56 Å². The highest BCUT2D eigenvalue weighted by atomic mass is 32.2. The van der Waals surface area contributed by atoms with E-state index < -0.39 is 15.6 Å². The van der Waals surface area contributed by atoms with Crippen LogP contribution in [0, 0.1) is 0 Å². The zero-order valence-corrected chi connectivity index (χ0v) is 13.6. The van der Waals surface area contributed by atoms with E-state index in [0.29, 0.717) is 19.3 Å². The molecule has 0 aromatic heterocycles. The van der Waals surface area contributed by atoms with E-state index in [2.05, 4.69) is 4.72 Å². The molecule has 0 saturated heterocycles. The largest absolute Gasteiger partial charge is 0.392 e. The summed E-state index contributed by atoms with van der Waals surface area (Å²) in [5.74, 6) is 0.0291. The molecule has 0 amide bonds. The third-order valence-electron chi connectivity index (χ3n) is 3.53. The highest BCUT2D eigenvalue weighted by Crippen LogP contribution is 2.17. The molecule has 0 atom stereocenters. The molecule has 0 spiro atoms. The number of nitrogens with one attached hydrogen (secondary N) is 1. The molecule has 0 aliphatic carbocycles. The van der Waals surface area contributed by atoms with Crippen molar-refractivity contribution < 1.29 is 8.42 Å². The van der Waals surface area contributed by atoms with Crippen LogP contribution in [0.25, 0.3) is 0 Å². The van der Waals surface area contributed by atoms with E-state index in [9.17, 15) is 8.42 Å². The number of rotatable bonds is 8. The number of benzene rings is 1. The van der Waals surface area contributed by atoms with E-state index in [1.54, 1.807) is 0 Å². The summed E-state index contributed by atoms with van der Waals surface area (Å²) < 4.78 is 27.1. The van der Waals surface area contributed by atoms with Crippen LogP contribution in [0.2, 0.25) is 0 Å². The van der Waals surface area contributed by atoms with Gasteiger partial charge in [-0.3, -0.25) is 0 Å². The maximum Gasteiger partial charge on any atom is 0.212 e. The molecule has 1 aromatic rings. The highest BCUT2D eigenvalue weighted by Gasteiger charge is 2.33. The molecule has 0 saturated carbocycles. The van der Waals surface area contributed by atoms with Gasteiger partial charge in [0.25, 0.3) is 0 Å². The molecule has 0 bridgehead atoms. The molecular weight excluding hydrogens is 292 g/mol. The quantitative estimate of drug-likeness (QED) is 0.720. The number of thiocarbonyl (C=S) groups is 1. The highest BCUT2D eigenvalue weighted by molar-refractivity contribution is 7.89. The molecule has 0 radical (unpaired) electrons. The van der Waals surface area contributed by atoms with Gasteiger partial charge in [0.2, 0.25) is 10.0 Å². The second-order valence-electron chi connectivity index (χ2n) is 4.81. The molecular formula is C14H22N2O2S2. The first kappa shape index (κ1) is 17.1. The van der Waals surface area contributed by atoms with E-state index in [4.69, 9.17) is 18.0 Å². The van der Waals surface area contributed by atoms with Gasteiger partial charge in [0.05, 0.1) is 16.3 Å². The fourth-order valence-corrected chi connectivity index (χ4v) is 4.04. The van der Waals surface area contributed by atoms with Crippen molar-refractivity contribution in [2.45, 2.75) is 38.6 Å². The van der Waals surface area contributed by atoms with E-state index in [-0.39, 0.29) is 10.7 Å². The van der Waals surface area contributed by atoms with Gasteiger partial charge in [-0.15, -0.1) is 0 Å². The van der Waals surface area contributed by atoms with Crippen LogP contribution < -0.4 is 10.5 Å². The van der Waals surface area contributed by atoms with Crippen LogP contribution in [0.1, 0.15) is 32.3 Å². The van der Waals surface area contributed by atoms with Crippen molar-refractivity contribution in [3.05, 3.63) is 35.9 Å². The predicted octanol–water partition coefficient (Wildman–Crippen LogP) is 1.99. The van der Waals surface area contributed by atoms with Gasteiger partial charge >= 0.3 is 0 Å². The predicted molar refractivity (Wildman–Crippen MR) is 87.2 cm³/mol. The minimum Gasteiger partial charge on any atom is -0.392 e. The summed E-state index contributed by atoms with van der Waals surface area (Å²) in [7, 11) is -3.42. The Morgan fingerprint density at radius 1 is 1.25 bits per heavy atom. The number of hydrogen-bond acceptors (Lipinski definition) is 3. The third-order valence-corrected chi connectivity index (χ3v) is 5.37. The molecule has 1 aromatic carbocycles. The smallest absolute Gasteiger partial charge is 0.212 e. The normalized spacial score (nSPS) is 12.3. The molecule has 0 aliphatic heterocycles. The van der Waals surface area contributed by atoms with Gasteiger partial charge in [0.15, 0.2) is 0 Å². The lowest BCUT2D eigenvalue weighted by Gasteiger charge is -2.31. The first-order valence-corrected chi connectivity index (χ1v) is 8.77. The van der Waals surface area contributed by atoms with Crippen LogP contribution in [0.15, 0.2) is 30.3 Å². The zero-order valence-electron chi connectivity index (χ0n) is 11.9. The molecule has 112 valence electrons. The Balaban J connectivity index is 2.76. The second kappa shape index (κ2) is 7.15.